The van der Waals surface area contributed by atoms with Crippen molar-refractivity contribution in [3.8, 4) is 0 Å². The van der Waals surface area contributed by atoms with Crippen molar-refractivity contribution < 1.29 is 14.1 Å². The summed E-state index contributed by atoms with van der Waals surface area (Å²) in [6, 6.07) is 9.89. The second-order valence-corrected chi connectivity index (χ2v) is 7.89. The number of carbonyl (C=O) groups excluding carboxylic acids is 1. The minimum Gasteiger partial charge on any atom is -0.466 e. The number of hydrogen-bond donors (Lipinski definition) is 1. The van der Waals surface area contributed by atoms with Gasteiger partial charge in [-0.05, 0) is 45.3 Å². The zero-order valence-corrected chi connectivity index (χ0v) is 17.8. The molecule has 2 aromatic rings. The Morgan fingerprint density at radius 1 is 1.17 bits per heavy atom. The van der Waals surface area contributed by atoms with Gasteiger partial charge in [0.05, 0.1) is 25.1 Å². The highest BCUT2D eigenvalue weighted by Gasteiger charge is 2.37. The molecule has 1 aromatic heterocycles. The van der Waals surface area contributed by atoms with Crippen LogP contribution in [0.25, 0.3) is 5.57 Å². The van der Waals surface area contributed by atoms with Crippen LogP contribution in [0.3, 0.4) is 0 Å². The van der Waals surface area contributed by atoms with Crippen LogP contribution in [0.1, 0.15) is 56.3 Å². The molecule has 1 atom stereocenters. The van der Waals surface area contributed by atoms with E-state index in [1.807, 2.05) is 44.2 Å². The summed E-state index contributed by atoms with van der Waals surface area (Å²) in [4.78, 5) is 19.8. The van der Waals surface area contributed by atoms with Gasteiger partial charge in [0.1, 0.15) is 0 Å². The lowest BCUT2D eigenvalue weighted by Gasteiger charge is -2.29. The Kier molecular flexibility index (Phi) is 5.99. The van der Waals surface area contributed by atoms with Crippen LogP contribution in [-0.4, -0.2) is 41.2 Å². The number of ether oxygens (including phenoxy) is 1. The summed E-state index contributed by atoms with van der Waals surface area (Å²) in [7, 11) is 1.40. The summed E-state index contributed by atoms with van der Waals surface area (Å²) < 4.78 is 10.8. The van der Waals surface area contributed by atoms with Gasteiger partial charge in [0.15, 0.2) is 5.82 Å². The van der Waals surface area contributed by atoms with Gasteiger partial charge in [0.2, 0.25) is 0 Å². The van der Waals surface area contributed by atoms with Gasteiger partial charge in [0, 0.05) is 17.0 Å². The number of dihydropyridines is 1. The number of esters is 1. The van der Waals surface area contributed by atoms with Gasteiger partial charge in [-0.2, -0.15) is 4.98 Å². The van der Waals surface area contributed by atoms with Crippen molar-refractivity contribution in [1.82, 2.24) is 20.4 Å². The van der Waals surface area contributed by atoms with Crippen LogP contribution in [-0.2, 0) is 16.1 Å². The molecule has 2 aliphatic rings. The molecule has 0 bridgehead atoms. The smallest absolute Gasteiger partial charge is 0.336 e. The first-order valence-corrected chi connectivity index (χ1v) is 10.5. The van der Waals surface area contributed by atoms with E-state index >= 15 is 0 Å². The van der Waals surface area contributed by atoms with Crippen molar-refractivity contribution >= 4 is 11.5 Å². The zero-order valence-electron chi connectivity index (χ0n) is 17.8. The molecule has 1 aromatic carbocycles. The van der Waals surface area contributed by atoms with E-state index in [1.165, 1.54) is 26.4 Å². The lowest BCUT2D eigenvalue weighted by Crippen LogP contribution is -2.29. The lowest BCUT2D eigenvalue weighted by atomic mass is 9.80. The first-order chi connectivity index (χ1) is 14.6. The molecule has 158 valence electrons. The summed E-state index contributed by atoms with van der Waals surface area (Å²) >= 11 is 0. The van der Waals surface area contributed by atoms with Gasteiger partial charge in [-0.25, -0.2) is 4.79 Å². The highest BCUT2D eigenvalue weighted by molar-refractivity contribution is 5.96. The highest BCUT2D eigenvalue weighted by atomic mass is 16.5. The first-order valence-electron chi connectivity index (χ1n) is 10.5. The Bertz CT molecular complexity index is 971. The predicted molar refractivity (Wildman–Crippen MR) is 113 cm³/mol. The largest absolute Gasteiger partial charge is 0.466 e. The van der Waals surface area contributed by atoms with Crippen LogP contribution in [0, 0.1) is 0 Å². The Morgan fingerprint density at radius 2 is 1.90 bits per heavy atom. The summed E-state index contributed by atoms with van der Waals surface area (Å²) in [5.74, 6) is 0.398. The van der Waals surface area contributed by atoms with Gasteiger partial charge in [-0.1, -0.05) is 41.9 Å². The molecule has 7 nitrogen and oxygen atoms in total. The normalized spacial score (nSPS) is 20.3. The van der Waals surface area contributed by atoms with E-state index in [4.69, 9.17) is 14.2 Å². The number of methoxy groups -OCH3 is 1. The molecule has 0 radical (unpaired) electrons. The molecule has 7 heteroatoms. The van der Waals surface area contributed by atoms with Crippen molar-refractivity contribution in [2.45, 2.75) is 45.6 Å². The fraction of sp³-hybridized carbons (Fsp3) is 0.435. The van der Waals surface area contributed by atoms with Gasteiger partial charge in [-0.15, -0.1) is 0 Å². The van der Waals surface area contributed by atoms with Gasteiger partial charge in [0.25, 0.3) is 5.89 Å². The maximum absolute atomic E-state index is 12.7. The van der Waals surface area contributed by atoms with E-state index in [0.717, 1.165) is 35.6 Å². The molecule has 4 rings (SSSR count). The second-order valence-electron chi connectivity index (χ2n) is 7.89. The number of rotatable bonds is 5. The fourth-order valence-electron chi connectivity index (χ4n) is 4.38. The average Bonchev–Trinajstić information content (AvgIpc) is 3.22. The van der Waals surface area contributed by atoms with Crippen molar-refractivity contribution in [2.24, 2.45) is 0 Å². The molecule has 1 unspecified atom stereocenters. The number of likely N-dealkylation sites (tertiary alicyclic amines) is 1. The molecule has 30 heavy (non-hydrogen) atoms. The van der Waals surface area contributed by atoms with Crippen molar-refractivity contribution in [3.05, 3.63) is 64.6 Å². The third-order valence-corrected chi connectivity index (χ3v) is 5.81. The van der Waals surface area contributed by atoms with Crippen LogP contribution in [0.5, 0.6) is 0 Å². The number of hydrogen-bond acceptors (Lipinski definition) is 7. The van der Waals surface area contributed by atoms with Crippen molar-refractivity contribution in [3.63, 3.8) is 0 Å². The van der Waals surface area contributed by atoms with Gasteiger partial charge < -0.3 is 14.6 Å². The van der Waals surface area contributed by atoms with E-state index in [0.29, 0.717) is 23.8 Å². The Balaban J connectivity index is 1.71. The molecule has 2 aliphatic heterocycles. The monoisotopic (exact) mass is 408 g/mol. The highest BCUT2D eigenvalue weighted by Crippen LogP contribution is 2.43. The minimum absolute atomic E-state index is 0.344. The molecule has 3 heterocycles. The summed E-state index contributed by atoms with van der Waals surface area (Å²) in [5.41, 5.74) is 4.00. The Labute approximate surface area is 176 Å². The molecule has 1 N–H and O–H groups in total. The van der Waals surface area contributed by atoms with E-state index in [1.54, 1.807) is 0 Å². The number of carbonyl (C=O) groups is 1. The molecule has 0 spiro atoms. The lowest BCUT2D eigenvalue weighted by molar-refractivity contribution is -0.136. The Hall–Kier alpha value is -2.93. The molecule has 0 amide bonds. The first kappa shape index (κ1) is 20.3. The topological polar surface area (TPSA) is 80.5 Å². The number of aromatic nitrogens is 2. The predicted octanol–water partition coefficient (Wildman–Crippen LogP) is 3.62. The summed E-state index contributed by atoms with van der Waals surface area (Å²) in [6.07, 6.45) is 3.70. The molecular weight excluding hydrogens is 380 g/mol. The quantitative estimate of drug-likeness (QED) is 0.757. The summed E-state index contributed by atoms with van der Waals surface area (Å²) in [5, 5.41) is 7.54. The Morgan fingerprint density at radius 3 is 2.60 bits per heavy atom. The number of allylic oxidation sites excluding steroid dienone is 3. The number of piperidine rings is 1. The van der Waals surface area contributed by atoms with Crippen LogP contribution in [0.2, 0.25) is 0 Å². The summed E-state index contributed by atoms with van der Waals surface area (Å²) in [6.45, 7) is 6.66. The molecule has 0 aliphatic carbocycles. The number of nitrogens with zero attached hydrogens (tertiary/aromatic N) is 3. The van der Waals surface area contributed by atoms with Crippen LogP contribution in [0.4, 0.5) is 0 Å². The van der Waals surface area contributed by atoms with E-state index < -0.39 is 0 Å². The van der Waals surface area contributed by atoms with Crippen molar-refractivity contribution in [2.75, 3.05) is 20.2 Å². The number of nitrogens with one attached hydrogen (secondary N) is 1. The van der Waals surface area contributed by atoms with Crippen molar-refractivity contribution in [1.29, 1.82) is 0 Å². The fourth-order valence-corrected chi connectivity index (χ4v) is 4.38. The van der Waals surface area contributed by atoms with E-state index in [9.17, 15) is 4.79 Å². The average molecular weight is 409 g/mol. The molecular formula is C23H28N4O3. The van der Waals surface area contributed by atoms with Gasteiger partial charge in [-0.3, -0.25) is 4.90 Å². The van der Waals surface area contributed by atoms with Gasteiger partial charge >= 0.3 is 5.97 Å². The third kappa shape index (κ3) is 4.03. The maximum atomic E-state index is 12.7. The molecule has 1 saturated heterocycles. The second kappa shape index (κ2) is 8.83. The maximum Gasteiger partial charge on any atom is 0.336 e. The van der Waals surface area contributed by atoms with E-state index in [-0.39, 0.29) is 11.9 Å². The SMILES string of the molecule is COC(=O)C1=C(C)NC(C)=C(c2nc(CN3CCCCC3)no2)C1c1ccccc1. The number of benzene rings is 1. The third-order valence-electron chi connectivity index (χ3n) is 5.81. The van der Waals surface area contributed by atoms with E-state index in [2.05, 4.69) is 15.4 Å². The standard InChI is InChI=1S/C23H28N4O3/c1-15-19(22-25-18(26-30-22)14-27-12-8-5-9-13-27)21(17-10-6-4-7-11-17)20(16(2)24-15)23(28)29-3/h4,6-7,10-11,21,24H,5,8-9,12-14H2,1-3H3. The minimum atomic E-state index is -0.369. The van der Waals surface area contributed by atoms with Crippen LogP contribution >= 0.6 is 0 Å². The van der Waals surface area contributed by atoms with Crippen LogP contribution in [0.15, 0.2) is 51.8 Å². The molecule has 1 fully saturated rings. The zero-order chi connectivity index (χ0) is 21.1. The molecule has 0 saturated carbocycles. The van der Waals surface area contributed by atoms with Crippen LogP contribution < -0.4 is 5.32 Å².